The van der Waals surface area contributed by atoms with Crippen LogP contribution in [0.15, 0.2) is 40.5 Å². The lowest BCUT2D eigenvalue weighted by molar-refractivity contribution is -0.896. The number of nitrogens with two attached hydrogens (primary N) is 1. The van der Waals surface area contributed by atoms with Crippen molar-refractivity contribution >= 4 is 0 Å². The SMILES string of the molecule is CC[NH+](CC)CCCn1c(C)cc2c(c1=O)[C@H](c1cc(OC)ccc1OC)C(C#N)=C(N)O2. The van der Waals surface area contributed by atoms with Gasteiger partial charge in [0.25, 0.3) is 5.56 Å². The smallest absolute Gasteiger partial charge is 0.258 e. The minimum Gasteiger partial charge on any atom is -0.497 e. The molecular formula is C25H33N4O4+. The van der Waals surface area contributed by atoms with Crippen LogP contribution in [0.5, 0.6) is 17.2 Å². The summed E-state index contributed by atoms with van der Waals surface area (Å²) in [5.74, 6) is 0.753. The topological polar surface area (TPSA) is 104 Å². The maximum absolute atomic E-state index is 13.8. The van der Waals surface area contributed by atoms with Crippen molar-refractivity contribution in [3.63, 3.8) is 0 Å². The molecule has 2 aromatic rings. The van der Waals surface area contributed by atoms with E-state index >= 15 is 0 Å². The Morgan fingerprint density at radius 2 is 1.94 bits per heavy atom. The van der Waals surface area contributed by atoms with E-state index in [0.29, 0.717) is 34.9 Å². The first-order chi connectivity index (χ1) is 15.9. The number of ether oxygens (including phenoxy) is 3. The van der Waals surface area contributed by atoms with Crippen molar-refractivity contribution in [3.8, 4) is 23.3 Å². The number of fused-ring (bicyclic) bond motifs is 1. The molecule has 0 radical (unpaired) electrons. The van der Waals surface area contributed by atoms with Gasteiger partial charge in [0, 0.05) is 30.3 Å². The number of hydrogen-bond acceptors (Lipinski definition) is 6. The van der Waals surface area contributed by atoms with Gasteiger partial charge in [0.05, 0.1) is 45.3 Å². The van der Waals surface area contributed by atoms with Crippen LogP contribution in [0, 0.1) is 18.3 Å². The van der Waals surface area contributed by atoms with E-state index in [2.05, 4.69) is 19.9 Å². The molecule has 1 aromatic carbocycles. The molecule has 0 amide bonds. The minimum atomic E-state index is -0.725. The highest BCUT2D eigenvalue weighted by atomic mass is 16.5. The molecule has 1 atom stereocenters. The molecule has 0 bridgehead atoms. The molecule has 8 nitrogen and oxygen atoms in total. The third-order valence-corrected chi connectivity index (χ3v) is 6.35. The molecule has 0 spiro atoms. The predicted molar refractivity (Wildman–Crippen MR) is 126 cm³/mol. The summed E-state index contributed by atoms with van der Waals surface area (Å²) >= 11 is 0. The molecular weight excluding hydrogens is 420 g/mol. The van der Waals surface area contributed by atoms with Crippen molar-refractivity contribution in [2.75, 3.05) is 33.9 Å². The molecule has 3 rings (SSSR count). The van der Waals surface area contributed by atoms with E-state index in [1.165, 1.54) is 4.90 Å². The van der Waals surface area contributed by atoms with Crippen molar-refractivity contribution in [1.29, 1.82) is 5.26 Å². The lowest BCUT2D eigenvalue weighted by Crippen LogP contribution is -3.11. The number of methoxy groups -OCH3 is 2. The average Bonchev–Trinajstić information content (AvgIpc) is 2.82. The van der Waals surface area contributed by atoms with E-state index in [1.807, 2.05) is 13.0 Å². The van der Waals surface area contributed by atoms with Gasteiger partial charge in [-0.25, -0.2) is 0 Å². The number of aryl methyl sites for hydroxylation is 1. The van der Waals surface area contributed by atoms with Crippen LogP contribution >= 0.6 is 0 Å². The maximum Gasteiger partial charge on any atom is 0.258 e. The molecule has 2 heterocycles. The van der Waals surface area contributed by atoms with Crippen molar-refractivity contribution in [2.45, 2.75) is 39.7 Å². The number of nitriles is 1. The highest BCUT2D eigenvalue weighted by Crippen LogP contribution is 2.44. The predicted octanol–water partition coefficient (Wildman–Crippen LogP) is 1.71. The molecule has 1 aromatic heterocycles. The molecule has 0 saturated heterocycles. The highest BCUT2D eigenvalue weighted by Gasteiger charge is 2.36. The van der Waals surface area contributed by atoms with Gasteiger partial charge in [-0.15, -0.1) is 0 Å². The van der Waals surface area contributed by atoms with E-state index in [9.17, 15) is 10.1 Å². The van der Waals surface area contributed by atoms with Gasteiger partial charge in [-0.05, 0) is 39.0 Å². The lowest BCUT2D eigenvalue weighted by Gasteiger charge is -2.28. The number of benzene rings is 1. The van der Waals surface area contributed by atoms with Crippen LogP contribution in [0.3, 0.4) is 0 Å². The lowest BCUT2D eigenvalue weighted by atomic mass is 9.83. The van der Waals surface area contributed by atoms with Crippen LogP contribution in [0.4, 0.5) is 0 Å². The van der Waals surface area contributed by atoms with E-state index in [0.717, 1.165) is 31.7 Å². The van der Waals surface area contributed by atoms with Crippen LogP contribution in [0.25, 0.3) is 0 Å². The van der Waals surface area contributed by atoms with Gasteiger partial charge in [0.15, 0.2) is 0 Å². The number of pyridine rings is 1. The first kappa shape index (κ1) is 24.2. The number of aromatic nitrogens is 1. The van der Waals surface area contributed by atoms with Gasteiger partial charge in [0.2, 0.25) is 5.88 Å². The summed E-state index contributed by atoms with van der Waals surface area (Å²) in [6, 6.07) is 9.27. The number of allylic oxidation sites excluding steroid dienone is 1. The van der Waals surface area contributed by atoms with E-state index in [1.54, 1.807) is 37.0 Å². The summed E-state index contributed by atoms with van der Waals surface area (Å²) in [4.78, 5) is 15.3. The molecule has 1 aliphatic rings. The maximum atomic E-state index is 13.8. The zero-order valence-corrected chi connectivity index (χ0v) is 20.0. The van der Waals surface area contributed by atoms with Gasteiger partial charge >= 0.3 is 0 Å². The van der Waals surface area contributed by atoms with Crippen LogP contribution < -0.4 is 30.4 Å². The molecule has 33 heavy (non-hydrogen) atoms. The fourth-order valence-corrected chi connectivity index (χ4v) is 4.43. The third kappa shape index (κ3) is 4.69. The van der Waals surface area contributed by atoms with Crippen molar-refractivity contribution < 1.29 is 19.1 Å². The average molecular weight is 454 g/mol. The number of quaternary nitrogens is 1. The first-order valence-electron chi connectivity index (χ1n) is 11.3. The quantitative estimate of drug-likeness (QED) is 0.599. The van der Waals surface area contributed by atoms with Gasteiger partial charge in [0.1, 0.15) is 28.9 Å². The van der Waals surface area contributed by atoms with Crippen LogP contribution in [-0.4, -0.2) is 38.4 Å². The zero-order valence-electron chi connectivity index (χ0n) is 20.0. The standard InChI is InChI=1S/C25H32N4O4/c1-6-28(7-2)11-8-12-29-16(3)13-21-23(25(29)30)22(19(15-26)24(27)33-21)18-14-17(31-4)9-10-20(18)32-5/h9-10,13-14,22H,6-8,11-12,27H2,1-5H3/p+1/t22-/m1/s1. The Kier molecular flexibility index (Phi) is 7.67. The minimum absolute atomic E-state index is 0.0124. The number of nitrogens with one attached hydrogen (secondary N) is 1. The fraction of sp³-hybridized carbons (Fsp3) is 0.440. The van der Waals surface area contributed by atoms with Crippen molar-refractivity contribution in [1.82, 2.24) is 4.57 Å². The normalized spacial score (nSPS) is 15.1. The summed E-state index contributed by atoms with van der Waals surface area (Å²) < 4.78 is 18.5. The van der Waals surface area contributed by atoms with Crippen LogP contribution in [0.2, 0.25) is 0 Å². The molecule has 0 aliphatic carbocycles. The van der Waals surface area contributed by atoms with E-state index in [4.69, 9.17) is 19.9 Å². The Hall–Kier alpha value is -3.44. The van der Waals surface area contributed by atoms with Crippen LogP contribution in [-0.2, 0) is 6.54 Å². The van der Waals surface area contributed by atoms with E-state index in [-0.39, 0.29) is 17.0 Å². The summed E-state index contributed by atoms with van der Waals surface area (Å²) in [7, 11) is 3.11. The fourth-order valence-electron chi connectivity index (χ4n) is 4.43. The number of nitrogens with zero attached hydrogens (tertiary/aromatic N) is 2. The molecule has 3 N–H and O–H groups in total. The summed E-state index contributed by atoms with van der Waals surface area (Å²) in [5.41, 5.74) is 7.92. The Balaban J connectivity index is 2.16. The van der Waals surface area contributed by atoms with Gasteiger partial charge in [-0.1, -0.05) is 0 Å². The van der Waals surface area contributed by atoms with Gasteiger partial charge in [-0.3, -0.25) is 4.79 Å². The van der Waals surface area contributed by atoms with Crippen LogP contribution in [0.1, 0.15) is 43.0 Å². The Bertz CT molecular complexity index is 1140. The molecule has 0 saturated carbocycles. The van der Waals surface area contributed by atoms with Gasteiger partial charge in [-0.2, -0.15) is 5.26 Å². The van der Waals surface area contributed by atoms with Gasteiger partial charge < -0.3 is 29.4 Å². The van der Waals surface area contributed by atoms with Crippen molar-refractivity contribution in [3.05, 3.63) is 62.9 Å². The number of hydrogen-bond donors (Lipinski definition) is 2. The number of rotatable bonds is 9. The largest absolute Gasteiger partial charge is 0.497 e. The third-order valence-electron chi connectivity index (χ3n) is 6.35. The Morgan fingerprint density at radius 1 is 1.21 bits per heavy atom. The summed E-state index contributed by atoms with van der Waals surface area (Å²) in [6.45, 7) is 9.89. The van der Waals surface area contributed by atoms with E-state index < -0.39 is 5.92 Å². The Labute approximate surface area is 194 Å². The molecule has 0 fully saturated rings. The second kappa shape index (κ2) is 10.5. The molecule has 8 heteroatoms. The monoisotopic (exact) mass is 453 g/mol. The molecule has 176 valence electrons. The summed E-state index contributed by atoms with van der Waals surface area (Å²) in [5, 5.41) is 9.93. The first-order valence-corrected chi connectivity index (χ1v) is 11.3. The molecule has 0 unspecified atom stereocenters. The Morgan fingerprint density at radius 3 is 2.55 bits per heavy atom. The summed E-state index contributed by atoms with van der Waals surface area (Å²) in [6.07, 6.45) is 0.869. The van der Waals surface area contributed by atoms with Crippen molar-refractivity contribution in [2.24, 2.45) is 5.73 Å². The second-order valence-corrected chi connectivity index (χ2v) is 8.11. The zero-order chi connectivity index (χ0) is 24.1. The molecule has 1 aliphatic heterocycles. The highest BCUT2D eigenvalue weighted by molar-refractivity contribution is 5.59. The second-order valence-electron chi connectivity index (χ2n) is 8.11.